The Kier molecular flexibility index (Phi) is 4.24. The van der Waals surface area contributed by atoms with Gasteiger partial charge >= 0.3 is 0 Å². The summed E-state index contributed by atoms with van der Waals surface area (Å²) in [6, 6.07) is 7.15. The number of anilines is 1. The van der Waals surface area contributed by atoms with Crippen LogP contribution in [0.2, 0.25) is 0 Å². The summed E-state index contributed by atoms with van der Waals surface area (Å²) in [6.45, 7) is 3.73. The molecule has 1 heterocycles. The zero-order valence-corrected chi connectivity index (χ0v) is 12.4. The Hall–Kier alpha value is -2.08. The third kappa shape index (κ3) is 2.91. The molecule has 1 amide bonds. The topological polar surface area (TPSA) is 62.4 Å². The van der Waals surface area contributed by atoms with Crippen LogP contribution in [-0.4, -0.2) is 24.2 Å². The lowest BCUT2D eigenvalue weighted by atomic mass is 10.0. The van der Waals surface area contributed by atoms with Gasteiger partial charge in [-0.05, 0) is 38.2 Å². The number of methoxy groups -OCH3 is 1. The molecule has 0 saturated carbocycles. The summed E-state index contributed by atoms with van der Waals surface area (Å²) in [4.78, 5) is 12.4. The van der Waals surface area contributed by atoms with E-state index in [0.717, 1.165) is 5.70 Å². The van der Waals surface area contributed by atoms with Crippen LogP contribution in [0.25, 0.3) is 0 Å². The van der Waals surface area contributed by atoms with Crippen molar-refractivity contribution < 1.29 is 9.53 Å². The van der Waals surface area contributed by atoms with Gasteiger partial charge in [-0.3, -0.25) is 4.79 Å². The van der Waals surface area contributed by atoms with Gasteiger partial charge in [0.25, 0.3) is 5.91 Å². The van der Waals surface area contributed by atoms with E-state index < -0.39 is 0 Å². The summed E-state index contributed by atoms with van der Waals surface area (Å²) in [5.41, 5.74) is 2.03. The van der Waals surface area contributed by atoms with Crippen molar-refractivity contribution in [2.24, 2.45) is 0 Å². The average molecular weight is 291 g/mol. The molecule has 0 radical (unpaired) electrons. The molecule has 1 aliphatic rings. The van der Waals surface area contributed by atoms with E-state index in [4.69, 9.17) is 17.0 Å². The van der Waals surface area contributed by atoms with Crippen LogP contribution in [0.3, 0.4) is 0 Å². The smallest absolute Gasteiger partial charge is 0.255 e. The lowest BCUT2D eigenvalue weighted by Crippen LogP contribution is -2.49. The Morgan fingerprint density at radius 3 is 2.75 bits per heavy atom. The van der Waals surface area contributed by atoms with Gasteiger partial charge in [-0.15, -0.1) is 0 Å². The van der Waals surface area contributed by atoms with E-state index in [0.29, 0.717) is 22.1 Å². The Balaban J connectivity index is 2.24. The molecule has 5 nitrogen and oxygen atoms in total. The first-order valence-electron chi connectivity index (χ1n) is 6.25. The number of benzene rings is 1. The number of carbonyl (C=O) groups is 1. The number of rotatable bonds is 3. The highest BCUT2D eigenvalue weighted by Gasteiger charge is 2.25. The Morgan fingerprint density at radius 2 is 2.10 bits per heavy atom. The van der Waals surface area contributed by atoms with E-state index in [9.17, 15) is 4.79 Å². The summed E-state index contributed by atoms with van der Waals surface area (Å²) in [5.74, 6) is 0.445. The van der Waals surface area contributed by atoms with Crippen molar-refractivity contribution in [1.82, 2.24) is 10.6 Å². The highest BCUT2D eigenvalue weighted by atomic mass is 32.1. The molecular weight excluding hydrogens is 274 g/mol. The van der Waals surface area contributed by atoms with Gasteiger partial charge in [-0.2, -0.15) is 0 Å². The highest BCUT2D eigenvalue weighted by molar-refractivity contribution is 7.80. The average Bonchev–Trinajstić information content (AvgIpc) is 2.38. The van der Waals surface area contributed by atoms with Gasteiger partial charge in [0.2, 0.25) is 0 Å². The Labute approximate surface area is 123 Å². The zero-order chi connectivity index (χ0) is 14.7. The van der Waals surface area contributed by atoms with Gasteiger partial charge in [0.05, 0.1) is 24.4 Å². The molecule has 0 spiro atoms. The lowest BCUT2D eigenvalue weighted by molar-refractivity contribution is -0.113. The summed E-state index contributed by atoms with van der Waals surface area (Å²) in [7, 11) is 1.57. The molecule has 6 heteroatoms. The number of hydrogen-bond acceptors (Lipinski definition) is 3. The molecule has 0 aliphatic carbocycles. The third-order valence-electron chi connectivity index (χ3n) is 3.09. The van der Waals surface area contributed by atoms with Crippen molar-refractivity contribution in [2.45, 2.75) is 19.9 Å². The van der Waals surface area contributed by atoms with Gasteiger partial charge in [-0.1, -0.05) is 12.1 Å². The summed E-state index contributed by atoms with van der Waals surface area (Å²) < 4.78 is 5.22. The fourth-order valence-electron chi connectivity index (χ4n) is 2.17. The van der Waals surface area contributed by atoms with E-state index in [-0.39, 0.29) is 11.9 Å². The minimum atomic E-state index is -0.179. The molecule has 0 bridgehead atoms. The summed E-state index contributed by atoms with van der Waals surface area (Å²) in [6.07, 6.45) is 0. The van der Waals surface area contributed by atoms with Gasteiger partial charge in [-0.25, -0.2) is 0 Å². The second kappa shape index (κ2) is 5.92. The van der Waals surface area contributed by atoms with Crippen LogP contribution in [0.4, 0.5) is 5.69 Å². The lowest BCUT2D eigenvalue weighted by Gasteiger charge is -2.27. The van der Waals surface area contributed by atoms with Crippen LogP contribution in [0, 0.1) is 0 Å². The molecule has 0 unspecified atom stereocenters. The van der Waals surface area contributed by atoms with E-state index in [2.05, 4.69) is 16.0 Å². The number of amides is 1. The molecule has 3 N–H and O–H groups in total. The fraction of sp³-hybridized carbons (Fsp3) is 0.286. The molecule has 2 rings (SSSR count). The number of hydrogen-bond donors (Lipinski definition) is 3. The second-order valence-electron chi connectivity index (χ2n) is 4.51. The number of para-hydroxylation sites is 2. The van der Waals surface area contributed by atoms with Crippen molar-refractivity contribution in [1.29, 1.82) is 0 Å². The molecule has 1 aliphatic heterocycles. The molecule has 1 atom stereocenters. The van der Waals surface area contributed by atoms with Crippen LogP contribution in [0.15, 0.2) is 35.5 Å². The van der Waals surface area contributed by atoms with E-state index in [1.807, 2.05) is 26.0 Å². The number of carbonyl (C=O) groups excluding carboxylic acids is 1. The van der Waals surface area contributed by atoms with Crippen molar-refractivity contribution in [3.05, 3.63) is 35.5 Å². The second-order valence-corrected chi connectivity index (χ2v) is 4.92. The first-order valence-corrected chi connectivity index (χ1v) is 6.66. The van der Waals surface area contributed by atoms with Gasteiger partial charge in [0.15, 0.2) is 5.11 Å². The van der Waals surface area contributed by atoms with Crippen LogP contribution in [-0.2, 0) is 4.79 Å². The van der Waals surface area contributed by atoms with Gasteiger partial charge in [0.1, 0.15) is 5.75 Å². The van der Waals surface area contributed by atoms with Crippen LogP contribution >= 0.6 is 12.2 Å². The Bertz CT molecular complexity index is 584. The molecular formula is C14H17N3O2S. The zero-order valence-electron chi connectivity index (χ0n) is 11.6. The van der Waals surface area contributed by atoms with Crippen molar-refractivity contribution in [2.75, 3.05) is 12.4 Å². The highest BCUT2D eigenvalue weighted by Crippen LogP contribution is 2.24. The first kappa shape index (κ1) is 14.3. The third-order valence-corrected chi connectivity index (χ3v) is 3.31. The quantitative estimate of drug-likeness (QED) is 0.741. The number of thiocarbonyl (C=S) groups is 1. The predicted molar refractivity (Wildman–Crippen MR) is 82.7 cm³/mol. The first-order chi connectivity index (χ1) is 9.52. The van der Waals surface area contributed by atoms with Crippen LogP contribution < -0.4 is 20.7 Å². The number of ether oxygens (including phenoxy) is 1. The molecule has 106 valence electrons. The maximum atomic E-state index is 12.4. The maximum absolute atomic E-state index is 12.4. The van der Waals surface area contributed by atoms with Crippen LogP contribution in [0.1, 0.15) is 13.8 Å². The van der Waals surface area contributed by atoms with E-state index in [1.165, 1.54) is 0 Å². The van der Waals surface area contributed by atoms with E-state index >= 15 is 0 Å². The molecule has 0 aromatic heterocycles. The minimum Gasteiger partial charge on any atom is -0.495 e. The van der Waals surface area contributed by atoms with E-state index in [1.54, 1.807) is 19.2 Å². The fourth-order valence-corrected chi connectivity index (χ4v) is 2.50. The molecule has 1 aromatic carbocycles. The van der Waals surface area contributed by atoms with Gasteiger partial charge < -0.3 is 20.7 Å². The molecule has 0 fully saturated rings. The molecule has 20 heavy (non-hydrogen) atoms. The number of nitrogens with one attached hydrogen (secondary N) is 3. The van der Waals surface area contributed by atoms with Crippen molar-refractivity contribution in [3.8, 4) is 5.75 Å². The molecule has 0 saturated heterocycles. The maximum Gasteiger partial charge on any atom is 0.255 e. The SMILES string of the molecule is COc1ccccc1NC(=O)C1=C(C)NC(=S)N[C@@H]1C. The summed E-state index contributed by atoms with van der Waals surface area (Å²) >= 11 is 5.06. The normalized spacial score (nSPS) is 18.1. The standard InChI is InChI=1S/C14H17N3O2S/c1-8-12(9(2)16-14(20)15-8)13(18)17-10-6-4-5-7-11(10)19-3/h4-8H,1-3H3,(H,17,18)(H2,15,16,20)/t8-/m1/s1. The minimum absolute atomic E-state index is 0.140. The Morgan fingerprint density at radius 1 is 1.40 bits per heavy atom. The van der Waals surface area contributed by atoms with Crippen molar-refractivity contribution >= 4 is 28.9 Å². The summed E-state index contributed by atoms with van der Waals surface area (Å²) in [5, 5.41) is 9.38. The largest absolute Gasteiger partial charge is 0.495 e. The monoisotopic (exact) mass is 291 g/mol. The number of allylic oxidation sites excluding steroid dienone is 1. The van der Waals surface area contributed by atoms with Gasteiger partial charge in [0, 0.05) is 5.70 Å². The molecule has 1 aromatic rings. The van der Waals surface area contributed by atoms with Crippen molar-refractivity contribution in [3.63, 3.8) is 0 Å². The predicted octanol–water partition coefficient (Wildman–Crippen LogP) is 1.77. The van der Waals surface area contributed by atoms with Crippen LogP contribution in [0.5, 0.6) is 5.75 Å².